The molecule has 0 heterocycles. The van der Waals surface area contributed by atoms with E-state index in [1.165, 1.54) is 5.56 Å². The standard InChI is InChI=1S/C19H23NO3S/c1-15-5-4-6-16(11-15)13-24(22,23)20-14-19(21)10-9-17-7-2-3-8-18(17)12-19/h2-8,11,20-21H,9-10,12-14H2,1H3/t19-/m1/s1. The summed E-state index contributed by atoms with van der Waals surface area (Å²) in [6.45, 7) is 1.99. The molecule has 3 rings (SSSR count). The number of hydrogen-bond donors (Lipinski definition) is 2. The highest BCUT2D eigenvalue weighted by molar-refractivity contribution is 7.88. The van der Waals surface area contributed by atoms with Crippen molar-refractivity contribution < 1.29 is 13.5 Å². The Hall–Kier alpha value is -1.69. The minimum absolute atomic E-state index is 0.0511. The van der Waals surface area contributed by atoms with Gasteiger partial charge < -0.3 is 5.11 Å². The zero-order valence-electron chi connectivity index (χ0n) is 13.8. The van der Waals surface area contributed by atoms with E-state index in [0.29, 0.717) is 12.8 Å². The van der Waals surface area contributed by atoms with Gasteiger partial charge in [0.05, 0.1) is 11.4 Å². The number of nitrogens with one attached hydrogen (secondary N) is 1. The highest BCUT2D eigenvalue weighted by Crippen LogP contribution is 2.28. The van der Waals surface area contributed by atoms with Gasteiger partial charge in [-0.05, 0) is 36.5 Å². The number of rotatable bonds is 5. The van der Waals surface area contributed by atoms with Crippen molar-refractivity contribution in [2.45, 2.75) is 37.5 Å². The fourth-order valence-corrected chi connectivity index (χ4v) is 4.46. The summed E-state index contributed by atoms with van der Waals surface area (Å²) in [5, 5.41) is 10.8. The van der Waals surface area contributed by atoms with Gasteiger partial charge in [-0.3, -0.25) is 0 Å². The molecule has 1 aliphatic carbocycles. The van der Waals surface area contributed by atoms with E-state index in [1.807, 2.05) is 43.3 Å². The second-order valence-electron chi connectivity index (χ2n) is 6.74. The van der Waals surface area contributed by atoms with Gasteiger partial charge in [0.1, 0.15) is 0 Å². The lowest BCUT2D eigenvalue weighted by Gasteiger charge is -2.33. The predicted octanol–water partition coefficient (Wildman–Crippen LogP) is 2.33. The van der Waals surface area contributed by atoms with Crippen LogP contribution in [0.25, 0.3) is 0 Å². The van der Waals surface area contributed by atoms with Crippen molar-refractivity contribution in [1.82, 2.24) is 4.72 Å². The van der Waals surface area contributed by atoms with E-state index in [-0.39, 0.29) is 12.3 Å². The van der Waals surface area contributed by atoms with E-state index in [9.17, 15) is 13.5 Å². The molecule has 0 aromatic heterocycles. The first-order valence-corrected chi connectivity index (χ1v) is 9.83. The Labute approximate surface area is 143 Å². The third-order valence-corrected chi connectivity index (χ3v) is 5.86. The van der Waals surface area contributed by atoms with Crippen molar-refractivity contribution >= 4 is 10.0 Å². The van der Waals surface area contributed by atoms with Gasteiger partial charge in [0.15, 0.2) is 0 Å². The van der Waals surface area contributed by atoms with Gasteiger partial charge in [-0.1, -0.05) is 54.1 Å². The number of aliphatic hydroxyl groups is 1. The van der Waals surface area contributed by atoms with E-state index in [1.54, 1.807) is 6.07 Å². The summed E-state index contributed by atoms with van der Waals surface area (Å²) < 4.78 is 27.2. The van der Waals surface area contributed by atoms with Gasteiger partial charge in [0.25, 0.3) is 0 Å². The molecule has 0 fully saturated rings. The molecule has 0 unspecified atom stereocenters. The van der Waals surface area contributed by atoms with Crippen LogP contribution in [0.4, 0.5) is 0 Å². The first-order valence-electron chi connectivity index (χ1n) is 8.17. The number of sulfonamides is 1. The summed E-state index contributed by atoms with van der Waals surface area (Å²) in [5.74, 6) is -0.0681. The van der Waals surface area contributed by atoms with Crippen LogP contribution < -0.4 is 4.72 Å². The first-order chi connectivity index (χ1) is 11.4. The van der Waals surface area contributed by atoms with Gasteiger partial charge >= 0.3 is 0 Å². The maximum atomic E-state index is 12.3. The van der Waals surface area contributed by atoms with Gasteiger partial charge in [-0.15, -0.1) is 0 Å². The Balaban J connectivity index is 1.64. The molecule has 0 amide bonds. The number of aryl methyl sites for hydroxylation is 2. The monoisotopic (exact) mass is 345 g/mol. The maximum absolute atomic E-state index is 12.3. The molecule has 1 atom stereocenters. The van der Waals surface area contributed by atoms with Crippen molar-refractivity contribution in [2.24, 2.45) is 0 Å². The van der Waals surface area contributed by atoms with E-state index in [2.05, 4.69) is 10.8 Å². The zero-order chi connectivity index (χ0) is 17.2. The van der Waals surface area contributed by atoms with Crippen LogP contribution in [0.15, 0.2) is 48.5 Å². The summed E-state index contributed by atoms with van der Waals surface area (Å²) in [6.07, 6.45) is 1.82. The minimum atomic E-state index is -3.48. The van der Waals surface area contributed by atoms with Gasteiger partial charge in [-0.2, -0.15) is 0 Å². The van der Waals surface area contributed by atoms with Crippen molar-refractivity contribution in [3.63, 3.8) is 0 Å². The van der Waals surface area contributed by atoms with E-state index >= 15 is 0 Å². The van der Waals surface area contributed by atoms with Crippen molar-refractivity contribution in [3.05, 3.63) is 70.8 Å². The smallest absolute Gasteiger partial charge is 0.215 e. The second kappa shape index (κ2) is 6.67. The van der Waals surface area contributed by atoms with Gasteiger partial charge in [0, 0.05) is 13.0 Å². The summed E-state index contributed by atoms with van der Waals surface area (Å²) in [6, 6.07) is 15.5. The molecule has 5 heteroatoms. The van der Waals surface area contributed by atoms with Crippen LogP contribution in [-0.2, 0) is 28.6 Å². The molecule has 2 aromatic carbocycles. The minimum Gasteiger partial charge on any atom is -0.388 e. The second-order valence-corrected chi connectivity index (χ2v) is 8.55. The SMILES string of the molecule is Cc1cccc(CS(=O)(=O)NC[C@@]2(O)CCc3ccccc3C2)c1. The highest BCUT2D eigenvalue weighted by atomic mass is 32.2. The predicted molar refractivity (Wildman–Crippen MR) is 95.2 cm³/mol. The van der Waals surface area contributed by atoms with E-state index in [4.69, 9.17) is 0 Å². The molecular weight excluding hydrogens is 322 g/mol. The third-order valence-electron chi connectivity index (χ3n) is 4.56. The zero-order valence-corrected chi connectivity index (χ0v) is 14.6. The first kappa shape index (κ1) is 17.1. The molecule has 0 bridgehead atoms. The van der Waals surface area contributed by atoms with E-state index in [0.717, 1.165) is 23.1 Å². The largest absolute Gasteiger partial charge is 0.388 e. The van der Waals surface area contributed by atoms with Crippen molar-refractivity contribution in [1.29, 1.82) is 0 Å². The van der Waals surface area contributed by atoms with Crippen LogP contribution in [0.1, 0.15) is 28.7 Å². The lowest BCUT2D eigenvalue weighted by atomic mass is 9.80. The average molecular weight is 345 g/mol. The van der Waals surface area contributed by atoms with Crippen LogP contribution in [0.2, 0.25) is 0 Å². The fraction of sp³-hybridized carbons (Fsp3) is 0.368. The molecule has 0 aliphatic heterocycles. The third kappa shape index (κ3) is 4.23. The van der Waals surface area contributed by atoms with Crippen molar-refractivity contribution in [3.8, 4) is 0 Å². The molecule has 24 heavy (non-hydrogen) atoms. The van der Waals surface area contributed by atoms with Crippen molar-refractivity contribution in [2.75, 3.05) is 6.54 Å². The Bertz CT molecular complexity index is 832. The van der Waals surface area contributed by atoms with Gasteiger partial charge in [0.2, 0.25) is 10.0 Å². The molecule has 2 N–H and O–H groups in total. The Morgan fingerprint density at radius 1 is 1.12 bits per heavy atom. The van der Waals surface area contributed by atoms with Crippen LogP contribution in [0.5, 0.6) is 0 Å². The number of benzene rings is 2. The lowest BCUT2D eigenvalue weighted by Crippen LogP contribution is -2.46. The molecule has 128 valence electrons. The van der Waals surface area contributed by atoms with E-state index < -0.39 is 15.6 Å². The molecular formula is C19H23NO3S. The summed E-state index contributed by atoms with van der Waals surface area (Å²) >= 11 is 0. The van der Waals surface area contributed by atoms with Crippen LogP contribution in [0, 0.1) is 6.92 Å². The molecule has 2 aromatic rings. The lowest BCUT2D eigenvalue weighted by molar-refractivity contribution is 0.0317. The van der Waals surface area contributed by atoms with Crippen LogP contribution in [0.3, 0.4) is 0 Å². The Kier molecular flexibility index (Phi) is 4.76. The fourth-order valence-electron chi connectivity index (χ4n) is 3.25. The molecule has 0 saturated heterocycles. The normalized spacial score (nSPS) is 20.6. The number of fused-ring (bicyclic) bond motifs is 1. The molecule has 0 saturated carbocycles. The Morgan fingerprint density at radius 2 is 1.88 bits per heavy atom. The summed E-state index contributed by atoms with van der Waals surface area (Å²) in [7, 11) is -3.48. The quantitative estimate of drug-likeness (QED) is 0.874. The maximum Gasteiger partial charge on any atom is 0.215 e. The number of hydrogen-bond acceptors (Lipinski definition) is 3. The molecule has 4 nitrogen and oxygen atoms in total. The molecule has 0 spiro atoms. The van der Waals surface area contributed by atoms with Crippen LogP contribution >= 0.6 is 0 Å². The average Bonchev–Trinajstić information content (AvgIpc) is 2.53. The van der Waals surface area contributed by atoms with Crippen LogP contribution in [-0.4, -0.2) is 25.7 Å². The summed E-state index contributed by atoms with van der Waals surface area (Å²) in [4.78, 5) is 0. The highest BCUT2D eigenvalue weighted by Gasteiger charge is 2.33. The summed E-state index contributed by atoms with van der Waals surface area (Å²) in [5.41, 5.74) is 3.11. The van der Waals surface area contributed by atoms with Gasteiger partial charge in [-0.25, -0.2) is 13.1 Å². The Morgan fingerprint density at radius 3 is 2.62 bits per heavy atom. The topological polar surface area (TPSA) is 66.4 Å². The molecule has 0 radical (unpaired) electrons. The molecule has 1 aliphatic rings.